The van der Waals surface area contributed by atoms with Crippen molar-refractivity contribution in [1.82, 2.24) is 5.43 Å². The van der Waals surface area contributed by atoms with Gasteiger partial charge in [0.2, 0.25) is 5.75 Å². The van der Waals surface area contributed by atoms with Gasteiger partial charge in [-0.1, -0.05) is 5.57 Å². The van der Waals surface area contributed by atoms with Crippen molar-refractivity contribution in [3.8, 4) is 17.2 Å². The van der Waals surface area contributed by atoms with Crippen molar-refractivity contribution in [1.29, 1.82) is 0 Å². The first kappa shape index (κ1) is 15.3. The summed E-state index contributed by atoms with van der Waals surface area (Å²) in [5, 5.41) is 0. The molecule has 0 aliphatic rings. The molecular weight excluding hydrogens is 244 g/mol. The lowest BCUT2D eigenvalue weighted by Crippen LogP contribution is -2.28. The molecule has 0 fully saturated rings. The first-order chi connectivity index (χ1) is 9.08. The number of rotatable bonds is 7. The predicted octanol–water partition coefficient (Wildman–Crippen LogP) is 2.18. The fourth-order valence-corrected chi connectivity index (χ4v) is 2.01. The van der Waals surface area contributed by atoms with E-state index in [9.17, 15) is 0 Å². The molecule has 19 heavy (non-hydrogen) atoms. The maximum Gasteiger partial charge on any atom is 0.203 e. The van der Waals surface area contributed by atoms with Gasteiger partial charge in [-0.05, 0) is 25.5 Å². The number of hydrogen-bond acceptors (Lipinski definition) is 5. The van der Waals surface area contributed by atoms with Crippen molar-refractivity contribution in [3.63, 3.8) is 0 Å². The number of methoxy groups -OCH3 is 3. The highest BCUT2D eigenvalue weighted by Crippen LogP contribution is 2.42. The second kappa shape index (κ2) is 7.01. The van der Waals surface area contributed by atoms with E-state index in [1.165, 1.54) is 0 Å². The molecule has 5 nitrogen and oxygen atoms in total. The molecule has 0 amide bonds. The Morgan fingerprint density at radius 1 is 1.21 bits per heavy atom. The Morgan fingerprint density at radius 3 is 2.26 bits per heavy atom. The van der Waals surface area contributed by atoms with E-state index in [2.05, 4.69) is 12.0 Å². The molecule has 106 valence electrons. The largest absolute Gasteiger partial charge is 0.493 e. The smallest absolute Gasteiger partial charge is 0.203 e. The number of ether oxygens (including phenoxy) is 3. The summed E-state index contributed by atoms with van der Waals surface area (Å²) in [5.74, 6) is 7.42. The summed E-state index contributed by atoms with van der Waals surface area (Å²) in [7, 11) is 4.76. The molecule has 1 rings (SSSR count). The van der Waals surface area contributed by atoms with Crippen molar-refractivity contribution < 1.29 is 14.2 Å². The first-order valence-electron chi connectivity index (χ1n) is 5.98. The van der Waals surface area contributed by atoms with E-state index >= 15 is 0 Å². The second-order valence-electron chi connectivity index (χ2n) is 4.30. The molecule has 1 aromatic rings. The summed E-state index contributed by atoms with van der Waals surface area (Å²) in [6, 6.07) is 3.65. The number of benzene rings is 1. The summed E-state index contributed by atoms with van der Waals surface area (Å²) in [6.45, 7) is 5.86. The van der Waals surface area contributed by atoms with Crippen LogP contribution in [0.3, 0.4) is 0 Å². The molecule has 0 heterocycles. The Morgan fingerprint density at radius 2 is 1.84 bits per heavy atom. The summed E-state index contributed by atoms with van der Waals surface area (Å²) < 4.78 is 16.1. The molecule has 0 bridgehead atoms. The molecule has 0 spiro atoms. The lowest BCUT2D eigenvalue weighted by Gasteiger charge is -2.22. The summed E-state index contributed by atoms with van der Waals surface area (Å²) in [5.41, 5.74) is 4.71. The Bertz CT molecular complexity index is 447. The number of hydrogen-bond donors (Lipinski definition) is 2. The van der Waals surface area contributed by atoms with E-state index in [-0.39, 0.29) is 6.04 Å². The van der Waals surface area contributed by atoms with Crippen LogP contribution in [0.15, 0.2) is 24.3 Å². The standard InChI is InChI=1S/C14H22N2O3/c1-9(2)8-11(16-15)10-6-7-12(17-3)14(19-5)13(10)18-4/h6-7,11,16H,1,8,15H2,2-5H3. The molecule has 5 heteroatoms. The molecule has 0 aliphatic carbocycles. The van der Waals surface area contributed by atoms with Crippen LogP contribution in [0.5, 0.6) is 17.2 Å². The van der Waals surface area contributed by atoms with Crippen molar-refractivity contribution >= 4 is 0 Å². The van der Waals surface area contributed by atoms with Crippen LogP contribution in [-0.2, 0) is 0 Å². The van der Waals surface area contributed by atoms with E-state index in [1.54, 1.807) is 21.3 Å². The van der Waals surface area contributed by atoms with E-state index in [4.69, 9.17) is 20.1 Å². The van der Waals surface area contributed by atoms with Gasteiger partial charge in [-0.3, -0.25) is 11.3 Å². The highest BCUT2D eigenvalue weighted by Gasteiger charge is 2.21. The van der Waals surface area contributed by atoms with Crippen LogP contribution in [0.4, 0.5) is 0 Å². The molecule has 0 aromatic heterocycles. The topological polar surface area (TPSA) is 65.7 Å². The van der Waals surface area contributed by atoms with Gasteiger partial charge < -0.3 is 14.2 Å². The fourth-order valence-electron chi connectivity index (χ4n) is 2.01. The van der Waals surface area contributed by atoms with Crippen LogP contribution in [0.1, 0.15) is 24.9 Å². The minimum atomic E-state index is -0.0905. The average Bonchev–Trinajstić information content (AvgIpc) is 2.42. The zero-order valence-corrected chi connectivity index (χ0v) is 11.9. The highest BCUT2D eigenvalue weighted by atomic mass is 16.5. The Balaban J connectivity index is 3.29. The van der Waals surface area contributed by atoms with Gasteiger partial charge in [-0.15, -0.1) is 6.58 Å². The predicted molar refractivity (Wildman–Crippen MR) is 75.6 cm³/mol. The number of hydrazine groups is 1. The Hall–Kier alpha value is -1.72. The molecule has 0 saturated heterocycles. The number of nitrogens with two attached hydrogens (primary N) is 1. The quantitative estimate of drug-likeness (QED) is 0.450. The van der Waals surface area contributed by atoms with Crippen molar-refractivity contribution in [3.05, 3.63) is 29.8 Å². The van der Waals surface area contributed by atoms with Gasteiger partial charge in [0.15, 0.2) is 11.5 Å². The van der Waals surface area contributed by atoms with Crippen LogP contribution in [0.25, 0.3) is 0 Å². The van der Waals surface area contributed by atoms with Gasteiger partial charge in [0, 0.05) is 5.56 Å². The van der Waals surface area contributed by atoms with Crippen LogP contribution in [-0.4, -0.2) is 21.3 Å². The van der Waals surface area contributed by atoms with Crippen LogP contribution < -0.4 is 25.5 Å². The van der Waals surface area contributed by atoms with Crippen molar-refractivity contribution in [2.24, 2.45) is 5.84 Å². The first-order valence-corrected chi connectivity index (χ1v) is 5.98. The average molecular weight is 266 g/mol. The highest BCUT2D eigenvalue weighted by molar-refractivity contribution is 5.56. The zero-order chi connectivity index (χ0) is 14.4. The van der Waals surface area contributed by atoms with E-state index in [1.807, 2.05) is 19.1 Å². The van der Waals surface area contributed by atoms with Gasteiger partial charge >= 0.3 is 0 Å². The van der Waals surface area contributed by atoms with Crippen LogP contribution in [0, 0.1) is 0 Å². The third kappa shape index (κ3) is 3.39. The minimum Gasteiger partial charge on any atom is -0.493 e. The van der Waals surface area contributed by atoms with Gasteiger partial charge in [0.05, 0.1) is 27.4 Å². The lowest BCUT2D eigenvalue weighted by molar-refractivity contribution is 0.319. The Kier molecular flexibility index (Phi) is 5.66. The van der Waals surface area contributed by atoms with Crippen molar-refractivity contribution in [2.75, 3.05) is 21.3 Å². The van der Waals surface area contributed by atoms with Crippen LogP contribution in [0.2, 0.25) is 0 Å². The molecule has 0 saturated carbocycles. The normalized spacial score (nSPS) is 11.8. The summed E-state index contributed by atoms with van der Waals surface area (Å²) in [6.07, 6.45) is 0.711. The van der Waals surface area contributed by atoms with Gasteiger partial charge in [-0.25, -0.2) is 0 Å². The third-order valence-corrected chi connectivity index (χ3v) is 2.86. The monoisotopic (exact) mass is 266 g/mol. The van der Waals surface area contributed by atoms with E-state index in [0.717, 1.165) is 11.1 Å². The van der Waals surface area contributed by atoms with Gasteiger partial charge in [-0.2, -0.15) is 0 Å². The molecule has 1 unspecified atom stereocenters. The maximum absolute atomic E-state index is 5.62. The van der Waals surface area contributed by atoms with Gasteiger partial charge in [0.1, 0.15) is 0 Å². The minimum absolute atomic E-state index is 0.0905. The Labute approximate surface area is 114 Å². The molecular formula is C14H22N2O3. The second-order valence-corrected chi connectivity index (χ2v) is 4.30. The molecule has 3 N–H and O–H groups in total. The maximum atomic E-state index is 5.62. The van der Waals surface area contributed by atoms with E-state index < -0.39 is 0 Å². The van der Waals surface area contributed by atoms with Crippen molar-refractivity contribution in [2.45, 2.75) is 19.4 Å². The van der Waals surface area contributed by atoms with Crippen LogP contribution >= 0.6 is 0 Å². The third-order valence-electron chi connectivity index (χ3n) is 2.86. The zero-order valence-electron chi connectivity index (χ0n) is 11.9. The summed E-state index contributed by atoms with van der Waals surface area (Å²) >= 11 is 0. The van der Waals surface area contributed by atoms with E-state index in [0.29, 0.717) is 23.7 Å². The molecule has 1 aromatic carbocycles. The summed E-state index contributed by atoms with van der Waals surface area (Å²) in [4.78, 5) is 0. The molecule has 0 radical (unpaired) electrons. The molecule has 0 aliphatic heterocycles. The van der Waals surface area contributed by atoms with Gasteiger partial charge in [0.25, 0.3) is 0 Å². The molecule has 1 atom stereocenters. The lowest BCUT2D eigenvalue weighted by atomic mass is 9.99. The number of nitrogens with one attached hydrogen (secondary N) is 1. The fraction of sp³-hybridized carbons (Fsp3) is 0.429. The SMILES string of the molecule is C=C(C)CC(NN)c1ccc(OC)c(OC)c1OC.